The van der Waals surface area contributed by atoms with Gasteiger partial charge in [-0.05, 0) is 36.4 Å². The zero-order valence-electron chi connectivity index (χ0n) is 13.4. The van der Waals surface area contributed by atoms with Gasteiger partial charge in [-0.25, -0.2) is 4.98 Å². The molecule has 2 N–H and O–H groups in total. The fourth-order valence-corrected chi connectivity index (χ4v) is 3.43. The standard InChI is InChI=1S/C18H21N3O2S/c22-13-14(10-16-4-3-9-24-16)11-19-18(23)7-6-15-12-21-8-2-1-5-17(21)20-15/h1-5,8-9,12,14,22H,6-7,10-11,13H2,(H,19,23)/t14-/m1/s1. The smallest absolute Gasteiger partial charge is 0.220 e. The highest BCUT2D eigenvalue weighted by molar-refractivity contribution is 7.09. The van der Waals surface area contributed by atoms with Crippen molar-refractivity contribution in [2.75, 3.05) is 13.2 Å². The highest BCUT2D eigenvalue weighted by Gasteiger charge is 2.12. The number of nitrogens with zero attached hydrogens (tertiary/aromatic N) is 2. The fraction of sp³-hybridized carbons (Fsp3) is 0.333. The first-order valence-electron chi connectivity index (χ1n) is 8.07. The molecule has 0 radical (unpaired) electrons. The number of rotatable bonds is 8. The second kappa shape index (κ2) is 8.08. The van der Waals surface area contributed by atoms with Crippen molar-refractivity contribution in [3.05, 3.63) is 58.7 Å². The summed E-state index contributed by atoms with van der Waals surface area (Å²) in [5, 5.41) is 14.4. The number of aromatic nitrogens is 2. The molecule has 6 heteroatoms. The minimum Gasteiger partial charge on any atom is -0.396 e. The summed E-state index contributed by atoms with van der Waals surface area (Å²) in [5.74, 6) is 0.0551. The van der Waals surface area contributed by atoms with Gasteiger partial charge in [-0.2, -0.15) is 0 Å². The fourth-order valence-electron chi connectivity index (χ4n) is 2.61. The summed E-state index contributed by atoms with van der Waals surface area (Å²) in [4.78, 5) is 17.7. The van der Waals surface area contributed by atoms with E-state index in [1.54, 1.807) is 11.3 Å². The van der Waals surface area contributed by atoms with Crippen LogP contribution in [0.5, 0.6) is 0 Å². The molecule has 126 valence electrons. The Morgan fingerprint density at radius 3 is 3.00 bits per heavy atom. The number of carbonyl (C=O) groups is 1. The Morgan fingerprint density at radius 1 is 1.33 bits per heavy atom. The first kappa shape index (κ1) is 16.7. The summed E-state index contributed by atoms with van der Waals surface area (Å²) in [6, 6.07) is 9.90. The molecule has 1 amide bonds. The van der Waals surface area contributed by atoms with Gasteiger partial charge in [0.05, 0.1) is 5.69 Å². The zero-order chi connectivity index (χ0) is 16.8. The lowest BCUT2D eigenvalue weighted by atomic mass is 10.1. The molecule has 1 atom stereocenters. The summed E-state index contributed by atoms with van der Waals surface area (Å²) in [6.45, 7) is 0.572. The first-order chi connectivity index (χ1) is 11.7. The van der Waals surface area contributed by atoms with Crippen LogP contribution >= 0.6 is 11.3 Å². The van der Waals surface area contributed by atoms with Crippen LogP contribution in [0.4, 0.5) is 0 Å². The molecule has 0 aliphatic heterocycles. The van der Waals surface area contributed by atoms with Gasteiger partial charge in [-0.3, -0.25) is 4.79 Å². The van der Waals surface area contributed by atoms with Crippen molar-refractivity contribution in [1.29, 1.82) is 0 Å². The van der Waals surface area contributed by atoms with Crippen molar-refractivity contribution in [2.45, 2.75) is 19.3 Å². The number of fused-ring (bicyclic) bond motifs is 1. The summed E-state index contributed by atoms with van der Waals surface area (Å²) in [5.41, 5.74) is 1.80. The number of carbonyl (C=O) groups excluding carboxylic acids is 1. The second-order valence-corrected chi connectivity index (χ2v) is 6.87. The van der Waals surface area contributed by atoms with E-state index in [-0.39, 0.29) is 18.4 Å². The molecular weight excluding hydrogens is 322 g/mol. The maximum absolute atomic E-state index is 12.0. The monoisotopic (exact) mass is 343 g/mol. The lowest BCUT2D eigenvalue weighted by Gasteiger charge is -2.14. The van der Waals surface area contributed by atoms with Crippen LogP contribution < -0.4 is 5.32 Å². The number of nitrogens with one attached hydrogen (secondary N) is 1. The van der Waals surface area contributed by atoms with Gasteiger partial charge in [0.2, 0.25) is 5.91 Å². The lowest BCUT2D eigenvalue weighted by Crippen LogP contribution is -2.31. The Balaban J connectivity index is 1.44. The zero-order valence-corrected chi connectivity index (χ0v) is 14.2. The Morgan fingerprint density at radius 2 is 2.25 bits per heavy atom. The number of imidazole rings is 1. The van der Waals surface area contributed by atoms with Crippen molar-refractivity contribution < 1.29 is 9.90 Å². The summed E-state index contributed by atoms with van der Waals surface area (Å²) in [7, 11) is 0. The maximum atomic E-state index is 12.0. The van der Waals surface area contributed by atoms with E-state index in [0.29, 0.717) is 19.4 Å². The lowest BCUT2D eigenvalue weighted by molar-refractivity contribution is -0.121. The molecule has 0 spiro atoms. The molecular formula is C18H21N3O2S. The Hall–Kier alpha value is -2.18. The van der Waals surface area contributed by atoms with E-state index < -0.39 is 0 Å². The quantitative estimate of drug-likeness (QED) is 0.659. The minimum atomic E-state index is -0.00307. The van der Waals surface area contributed by atoms with Gasteiger partial charge < -0.3 is 14.8 Å². The average molecular weight is 343 g/mol. The van der Waals surface area contributed by atoms with Gasteiger partial charge in [-0.15, -0.1) is 11.3 Å². The van der Waals surface area contributed by atoms with E-state index in [1.165, 1.54) is 4.88 Å². The Kier molecular flexibility index (Phi) is 5.61. The van der Waals surface area contributed by atoms with Crippen molar-refractivity contribution in [1.82, 2.24) is 14.7 Å². The number of pyridine rings is 1. The van der Waals surface area contributed by atoms with Crippen LogP contribution in [0.1, 0.15) is 17.0 Å². The van der Waals surface area contributed by atoms with Crippen LogP contribution in [-0.2, 0) is 17.6 Å². The van der Waals surface area contributed by atoms with Crippen LogP contribution in [0.15, 0.2) is 48.1 Å². The number of hydrogen-bond donors (Lipinski definition) is 2. The van der Waals surface area contributed by atoms with Gasteiger partial charge >= 0.3 is 0 Å². The molecule has 0 saturated heterocycles. The van der Waals surface area contributed by atoms with E-state index in [2.05, 4.69) is 16.4 Å². The predicted octanol–water partition coefficient (Wildman–Crippen LogP) is 2.30. The number of thiophene rings is 1. The molecule has 0 aromatic carbocycles. The number of aliphatic hydroxyl groups is 1. The Bertz CT molecular complexity index is 750. The van der Waals surface area contributed by atoms with Gasteiger partial charge in [-0.1, -0.05) is 12.1 Å². The van der Waals surface area contributed by atoms with Crippen LogP contribution in [0.25, 0.3) is 5.65 Å². The minimum absolute atomic E-state index is 0.00307. The van der Waals surface area contributed by atoms with Crippen molar-refractivity contribution in [2.24, 2.45) is 5.92 Å². The molecule has 5 nitrogen and oxygen atoms in total. The van der Waals surface area contributed by atoms with Crippen molar-refractivity contribution in [3.63, 3.8) is 0 Å². The molecule has 3 heterocycles. The first-order valence-corrected chi connectivity index (χ1v) is 8.95. The van der Waals surface area contributed by atoms with Crippen molar-refractivity contribution >= 4 is 22.9 Å². The molecule has 3 rings (SSSR count). The number of aryl methyl sites for hydroxylation is 1. The van der Waals surface area contributed by atoms with Gasteiger partial charge in [0.15, 0.2) is 0 Å². The Labute approximate surface area is 145 Å². The molecule has 3 aromatic rings. The number of amides is 1. The van der Waals surface area contributed by atoms with Gasteiger partial charge in [0.1, 0.15) is 5.65 Å². The highest BCUT2D eigenvalue weighted by atomic mass is 32.1. The molecule has 0 fully saturated rings. The molecule has 0 unspecified atom stereocenters. The van der Waals surface area contributed by atoms with Crippen LogP contribution in [0.2, 0.25) is 0 Å². The van der Waals surface area contributed by atoms with E-state index in [4.69, 9.17) is 0 Å². The van der Waals surface area contributed by atoms with Gasteiger partial charge in [0.25, 0.3) is 0 Å². The van der Waals surface area contributed by atoms with E-state index in [0.717, 1.165) is 17.8 Å². The molecule has 3 aromatic heterocycles. The van der Waals surface area contributed by atoms with Crippen LogP contribution in [0.3, 0.4) is 0 Å². The largest absolute Gasteiger partial charge is 0.396 e. The third-order valence-electron chi connectivity index (χ3n) is 3.94. The van der Waals surface area contributed by atoms with Crippen LogP contribution in [0, 0.1) is 5.92 Å². The highest BCUT2D eigenvalue weighted by Crippen LogP contribution is 2.14. The van der Waals surface area contributed by atoms with Crippen molar-refractivity contribution in [3.8, 4) is 0 Å². The molecule has 0 aliphatic carbocycles. The SMILES string of the molecule is O=C(CCc1cn2ccccc2n1)NC[C@H](CO)Cc1cccs1. The van der Waals surface area contributed by atoms with E-state index in [1.807, 2.05) is 46.4 Å². The summed E-state index contributed by atoms with van der Waals surface area (Å²) >= 11 is 1.68. The van der Waals surface area contributed by atoms with Gasteiger partial charge in [0, 0.05) is 42.8 Å². The predicted molar refractivity (Wildman–Crippen MR) is 95.1 cm³/mol. The molecule has 0 bridgehead atoms. The maximum Gasteiger partial charge on any atom is 0.220 e. The molecule has 0 aliphatic rings. The third-order valence-corrected chi connectivity index (χ3v) is 4.84. The number of aliphatic hydroxyl groups excluding tert-OH is 1. The average Bonchev–Trinajstić information content (AvgIpc) is 3.25. The summed E-state index contributed by atoms with van der Waals surface area (Å²) < 4.78 is 1.95. The molecule has 0 saturated carbocycles. The third kappa shape index (κ3) is 4.43. The number of hydrogen-bond acceptors (Lipinski definition) is 4. The normalized spacial score (nSPS) is 12.4. The summed E-state index contributed by atoms with van der Waals surface area (Å²) in [6.07, 6.45) is 5.71. The van der Waals surface area contributed by atoms with E-state index >= 15 is 0 Å². The topological polar surface area (TPSA) is 66.6 Å². The second-order valence-electron chi connectivity index (χ2n) is 5.83. The molecule has 24 heavy (non-hydrogen) atoms. The van der Waals surface area contributed by atoms with Crippen LogP contribution in [-0.4, -0.2) is 33.6 Å². The van der Waals surface area contributed by atoms with E-state index in [9.17, 15) is 9.90 Å².